The lowest BCUT2D eigenvalue weighted by molar-refractivity contribution is -0.138. The molecule has 0 radical (unpaired) electrons. The van der Waals surface area contributed by atoms with Gasteiger partial charge in [0.05, 0.1) is 12.8 Å². The van der Waals surface area contributed by atoms with Crippen molar-refractivity contribution in [1.29, 1.82) is 0 Å². The van der Waals surface area contributed by atoms with E-state index in [1.807, 2.05) is 0 Å². The van der Waals surface area contributed by atoms with Gasteiger partial charge in [0.2, 0.25) is 0 Å². The lowest BCUT2D eigenvalue weighted by Gasteiger charge is -2.18. The molecule has 0 aromatic heterocycles. The Morgan fingerprint density at radius 3 is 2.67 bits per heavy atom. The van der Waals surface area contributed by atoms with Gasteiger partial charge in [-0.05, 0) is 12.1 Å². The Labute approximate surface area is 86.3 Å². The number of carbonyl (C=O) groups is 1. The summed E-state index contributed by atoms with van der Waals surface area (Å²) in [4.78, 5) is 12.3. The highest BCUT2D eigenvalue weighted by atomic mass is 19.1. The first kappa shape index (κ1) is 11.4. The number of nitrogens with zero attached hydrogens (tertiary/aromatic N) is 1. The zero-order valence-electron chi connectivity index (χ0n) is 8.46. The summed E-state index contributed by atoms with van der Waals surface area (Å²) in [5.41, 5.74) is 0.154. The Hall–Kier alpha value is -1.65. The number of esters is 1. The predicted octanol–water partition coefficient (Wildman–Crippen LogP) is 1.57. The van der Waals surface area contributed by atoms with Crippen molar-refractivity contribution in [3.05, 3.63) is 29.8 Å². The highest BCUT2D eigenvalue weighted by molar-refractivity contribution is 5.75. The number of hydrogen-bond donors (Lipinski definition) is 0. The van der Waals surface area contributed by atoms with E-state index in [2.05, 4.69) is 4.74 Å². The molecule has 0 amide bonds. The van der Waals surface area contributed by atoms with E-state index in [0.29, 0.717) is 0 Å². The lowest BCUT2D eigenvalue weighted by atomic mass is 10.2. The van der Waals surface area contributed by atoms with Gasteiger partial charge in [-0.25, -0.2) is 8.78 Å². The standard InChI is InChI=1S/C10H11F2NO2/c1-13(6-10(14)15-2)9-4-3-7(11)5-8(9)12/h3-5H,6H2,1-2H3. The predicted molar refractivity (Wildman–Crippen MR) is 51.6 cm³/mol. The second-order valence-corrected chi connectivity index (χ2v) is 3.03. The van der Waals surface area contributed by atoms with E-state index in [1.54, 1.807) is 0 Å². The van der Waals surface area contributed by atoms with Gasteiger partial charge >= 0.3 is 5.97 Å². The van der Waals surface area contributed by atoms with E-state index in [9.17, 15) is 13.6 Å². The van der Waals surface area contributed by atoms with Gasteiger partial charge in [-0.3, -0.25) is 4.79 Å². The first-order valence-corrected chi connectivity index (χ1v) is 4.27. The maximum atomic E-state index is 13.2. The number of carbonyl (C=O) groups excluding carboxylic acids is 1. The molecule has 0 atom stereocenters. The van der Waals surface area contributed by atoms with Crippen LogP contribution in [0.25, 0.3) is 0 Å². The lowest BCUT2D eigenvalue weighted by Crippen LogP contribution is -2.27. The zero-order chi connectivity index (χ0) is 11.4. The molecule has 5 heteroatoms. The fraction of sp³-hybridized carbons (Fsp3) is 0.300. The van der Waals surface area contributed by atoms with Crippen molar-refractivity contribution in [3.63, 3.8) is 0 Å². The van der Waals surface area contributed by atoms with Crippen molar-refractivity contribution in [2.75, 3.05) is 25.6 Å². The number of methoxy groups -OCH3 is 1. The minimum absolute atomic E-state index is 0.0843. The molecular weight excluding hydrogens is 204 g/mol. The van der Waals surface area contributed by atoms with Crippen molar-refractivity contribution in [3.8, 4) is 0 Å². The quantitative estimate of drug-likeness (QED) is 0.717. The molecule has 1 aromatic carbocycles. The number of anilines is 1. The van der Waals surface area contributed by atoms with Gasteiger partial charge in [0.15, 0.2) is 0 Å². The largest absolute Gasteiger partial charge is 0.468 e. The number of benzene rings is 1. The summed E-state index contributed by atoms with van der Waals surface area (Å²) < 4.78 is 30.2. The second-order valence-electron chi connectivity index (χ2n) is 3.03. The molecule has 0 spiro atoms. The Bertz CT molecular complexity index is 368. The molecule has 0 aliphatic carbocycles. The third-order valence-electron chi connectivity index (χ3n) is 1.91. The normalized spacial score (nSPS) is 9.87. The van der Waals surface area contributed by atoms with E-state index < -0.39 is 17.6 Å². The minimum Gasteiger partial charge on any atom is -0.468 e. The monoisotopic (exact) mass is 215 g/mol. The molecule has 3 nitrogen and oxygen atoms in total. The third kappa shape index (κ3) is 2.90. The third-order valence-corrected chi connectivity index (χ3v) is 1.91. The van der Waals surface area contributed by atoms with Crippen LogP contribution in [0.5, 0.6) is 0 Å². The van der Waals surface area contributed by atoms with Crippen LogP contribution in [-0.4, -0.2) is 26.7 Å². The Kier molecular flexibility index (Phi) is 3.60. The topological polar surface area (TPSA) is 29.5 Å². The van der Waals surface area contributed by atoms with E-state index in [-0.39, 0.29) is 12.2 Å². The van der Waals surface area contributed by atoms with Crippen LogP contribution in [0.2, 0.25) is 0 Å². The fourth-order valence-corrected chi connectivity index (χ4v) is 1.13. The Balaban J connectivity index is 2.82. The van der Waals surface area contributed by atoms with Crippen LogP contribution in [0.3, 0.4) is 0 Å². The SMILES string of the molecule is COC(=O)CN(C)c1ccc(F)cc1F. The van der Waals surface area contributed by atoms with E-state index >= 15 is 0 Å². The molecule has 0 N–H and O–H groups in total. The molecule has 0 bridgehead atoms. The summed E-state index contributed by atoms with van der Waals surface area (Å²) in [6.07, 6.45) is 0. The molecule has 1 rings (SSSR count). The number of ether oxygens (including phenoxy) is 1. The highest BCUT2D eigenvalue weighted by Gasteiger charge is 2.11. The summed E-state index contributed by atoms with van der Waals surface area (Å²) in [5.74, 6) is -1.84. The summed E-state index contributed by atoms with van der Waals surface area (Å²) in [6, 6.07) is 3.17. The van der Waals surface area contributed by atoms with E-state index in [4.69, 9.17) is 0 Å². The van der Waals surface area contributed by atoms with E-state index in [1.165, 1.54) is 25.1 Å². The second kappa shape index (κ2) is 4.72. The zero-order valence-corrected chi connectivity index (χ0v) is 8.46. The van der Waals surface area contributed by atoms with Crippen LogP contribution in [0, 0.1) is 11.6 Å². The minimum atomic E-state index is -0.707. The molecule has 0 aliphatic rings. The molecule has 0 saturated heterocycles. The average Bonchev–Trinajstić information content (AvgIpc) is 2.17. The fourth-order valence-electron chi connectivity index (χ4n) is 1.13. The molecule has 0 saturated carbocycles. The van der Waals surface area contributed by atoms with Crippen LogP contribution in [0.4, 0.5) is 14.5 Å². The van der Waals surface area contributed by atoms with Crippen LogP contribution in [-0.2, 0) is 9.53 Å². The molecular formula is C10H11F2NO2. The summed E-state index contributed by atoms with van der Waals surface area (Å²) in [7, 11) is 2.77. The first-order valence-electron chi connectivity index (χ1n) is 4.27. The van der Waals surface area contributed by atoms with E-state index in [0.717, 1.165) is 12.1 Å². The van der Waals surface area contributed by atoms with Gasteiger partial charge in [0, 0.05) is 13.1 Å². The smallest absolute Gasteiger partial charge is 0.325 e. The number of likely N-dealkylation sites (N-methyl/N-ethyl adjacent to an activating group) is 1. The van der Waals surface area contributed by atoms with Crippen LogP contribution in [0.1, 0.15) is 0 Å². The van der Waals surface area contributed by atoms with Crippen molar-refractivity contribution >= 4 is 11.7 Å². The molecule has 0 unspecified atom stereocenters. The van der Waals surface area contributed by atoms with Gasteiger partial charge in [-0.15, -0.1) is 0 Å². The summed E-state index contributed by atoms with van der Waals surface area (Å²) >= 11 is 0. The number of rotatable bonds is 3. The van der Waals surface area contributed by atoms with Gasteiger partial charge in [-0.1, -0.05) is 0 Å². The van der Waals surface area contributed by atoms with Crippen LogP contribution < -0.4 is 4.90 Å². The highest BCUT2D eigenvalue weighted by Crippen LogP contribution is 2.18. The molecule has 0 heterocycles. The molecule has 15 heavy (non-hydrogen) atoms. The van der Waals surface area contributed by atoms with Gasteiger partial charge in [-0.2, -0.15) is 0 Å². The Morgan fingerprint density at radius 2 is 2.13 bits per heavy atom. The maximum absolute atomic E-state index is 13.2. The van der Waals surface area contributed by atoms with Crippen LogP contribution >= 0.6 is 0 Å². The maximum Gasteiger partial charge on any atom is 0.325 e. The van der Waals surface area contributed by atoms with Gasteiger partial charge in [0.25, 0.3) is 0 Å². The number of hydrogen-bond acceptors (Lipinski definition) is 3. The molecule has 0 fully saturated rings. The summed E-state index contributed by atoms with van der Waals surface area (Å²) in [6.45, 7) is -0.0843. The van der Waals surface area contributed by atoms with Crippen molar-refractivity contribution in [2.45, 2.75) is 0 Å². The van der Waals surface area contributed by atoms with Crippen molar-refractivity contribution in [2.24, 2.45) is 0 Å². The van der Waals surface area contributed by atoms with Crippen molar-refractivity contribution < 1.29 is 18.3 Å². The van der Waals surface area contributed by atoms with Gasteiger partial charge in [0.1, 0.15) is 18.2 Å². The molecule has 0 aliphatic heterocycles. The number of halogens is 2. The van der Waals surface area contributed by atoms with Crippen molar-refractivity contribution in [1.82, 2.24) is 0 Å². The average molecular weight is 215 g/mol. The Morgan fingerprint density at radius 1 is 1.47 bits per heavy atom. The van der Waals surface area contributed by atoms with Crippen LogP contribution in [0.15, 0.2) is 18.2 Å². The summed E-state index contributed by atoms with van der Waals surface area (Å²) in [5, 5.41) is 0. The first-order chi connectivity index (χ1) is 7.04. The van der Waals surface area contributed by atoms with Gasteiger partial charge < -0.3 is 9.64 Å². The molecule has 1 aromatic rings. The molecule has 82 valence electrons.